The van der Waals surface area contributed by atoms with Crippen LogP contribution in [0.2, 0.25) is 0 Å². The first-order valence-electron chi connectivity index (χ1n) is 4.96. The highest BCUT2D eigenvalue weighted by atomic mass is 19.3. The number of nitrogens with zero attached hydrogens (tertiary/aromatic N) is 1. The van der Waals surface area contributed by atoms with E-state index in [-0.39, 0.29) is 12.1 Å². The highest BCUT2D eigenvalue weighted by Gasteiger charge is 2.43. The number of rotatable bonds is 3. The van der Waals surface area contributed by atoms with Crippen LogP contribution >= 0.6 is 0 Å². The Bertz CT molecular complexity index is 210. The lowest BCUT2D eigenvalue weighted by molar-refractivity contribution is -0.148. The summed E-state index contributed by atoms with van der Waals surface area (Å²) in [5.74, 6) is -3.91. The van der Waals surface area contributed by atoms with Gasteiger partial charge in [-0.2, -0.15) is 8.78 Å². The summed E-state index contributed by atoms with van der Waals surface area (Å²) in [6.07, 6.45) is -3.59. The average molecular weight is 228 g/mol. The number of hydrogen-bond acceptors (Lipinski definition) is 2. The van der Waals surface area contributed by atoms with Crippen molar-refractivity contribution in [1.82, 2.24) is 10.2 Å². The smallest absolute Gasteiger partial charge is 0.311 e. The van der Waals surface area contributed by atoms with Crippen LogP contribution < -0.4 is 5.32 Å². The molecule has 1 fully saturated rings. The molecule has 2 unspecified atom stereocenters. The molecule has 1 aliphatic rings. The third kappa shape index (κ3) is 3.31. The number of alkyl halides is 4. The Kier molecular flexibility index (Phi) is 3.94. The largest absolute Gasteiger partial charge is 0.319 e. The fourth-order valence-electron chi connectivity index (χ4n) is 1.66. The van der Waals surface area contributed by atoms with Crippen molar-refractivity contribution >= 4 is 0 Å². The minimum Gasteiger partial charge on any atom is -0.311 e. The second kappa shape index (κ2) is 4.65. The second-order valence-corrected chi connectivity index (χ2v) is 4.15. The summed E-state index contributed by atoms with van der Waals surface area (Å²) in [6.45, 7) is 3.67. The minimum atomic E-state index is -3.91. The fraction of sp³-hybridized carbons (Fsp3) is 1.00. The third-order valence-corrected chi connectivity index (χ3v) is 2.63. The van der Waals surface area contributed by atoms with E-state index in [0.29, 0.717) is 13.1 Å². The van der Waals surface area contributed by atoms with Gasteiger partial charge >= 0.3 is 12.3 Å². The summed E-state index contributed by atoms with van der Waals surface area (Å²) in [5.41, 5.74) is 0. The number of hydrogen-bond donors (Lipinski definition) is 1. The van der Waals surface area contributed by atoms with E-state index in [1.807, 2.05) is 6.92 Å². The lowest BCUT2D eigenvalue weighted by Gasteiger charge is -2.38. The van der Waals surface area contributed by atoms with Crippen molar-refractivity contribution in [3.8, 4) is 0 Å². The summed E-state index contributed by atoms with van der Waals surface area (Å²) in [4.78, 5) is 1.41. The van der Waals surface area contributed by atoms with Gasteiger partial charge in [-0.15, -0.1) is 0 Å². The van der Waals surface area contributed by atoms with Gasteiger partial charge in [0.05, 0.1) is 6.54 Å². The first-order valence-corrected chi connectivity index (χ1v) is 4.96. The van der Waals surface area contributed by atoms with Crippen molar-refractivity contribution in [2.45, 2.75) is 38.3 Å². The van der Waals surface area contributed by atoms with Gasteiger partial charge in [0.25, 0.3) is 0 Å². The Hall–Kier alpha value is -0.360. The fourth-order valence-corrected chi connectivity index (χ4v) is 1.66. The number of halogens is 4. The third-order valence-electron chi connectivity index (χ3n) is 2.63. The molecular formula is C9H16F4N2. The Morgan fingerprint density at radius 3 is 2.53 bits per heavy atom. The quantitative estimate of drug-likeness (QED) is 0.738. The average Bonchev–Trinajstić information content (AvgIpc) is 2.10. The van der Waals surface area contributed by atoms with Crippen molar-refractivity contribution in [2.24, 2.45) is 0 Å². The lowest BCUT2D eigenvalue weighted by atomic mass is 10.1. The molecule has 0 saturated carbocycles. The van der Waals surface area contributed by atoms with Crippen LogP contribution in [0, 0.1) is 0 Å². The normalized spacial score (nSPS) is 29.8. The van der Waals surface area contributed by atoms with Gasteiger partial charge in [-0.3, -0.25) is 4.90 Å². The minimum absolute atomic E-state index is 0.0645. The number of piperazine rings is 1. The summed E-state index contributed by atoms with van der Waals surface area (Å²) >= 11 is 0. The zero-order valence-corrected chi connectivity index (χ0v) is 8.81. The molecular weight excluding hydrogens is 212 g/mol. The molecule has 1 heterocycles. The van der Waals surface area contributed by atoms with Crippen LogP contribution in [0.1, 0.15) is 13.8 Å². The molecule has 0 aliphatic carbocycles. The maximum Gasteiger partial charge on any atom is 0.319 e. The van der Waals surface area contributed by atoms with Crippen LogP contribution in [0.4, 0.5) is 17.6 Å². The molecule has 0 spiro atoms. The van der Waals surface area contributed by atoms with E-state index < -0.39 is 18.9 Å². The van der Waals surface area contributed by atoms with Gasteiger partial charge in [-0.05, 0) is 13.8 Å². The molecule has 1 rings (SSSR count). The zero-order chi connectivity index (χ0) is 11.6. The molecule has 0 aromatic rings. The molecule has 2 atom stereocenters. The molecule has 0 aromatic carbocycles. The van der Waals surface area contributed by atoms with E-state index in [2.05, 4.69) is 5.32 Å². The molecule has 0 aromatic heterocycles. The molecule has 15 heavy (non-hydrogen) atoms. The van der Waals surface area contributed by atoms with Crippen LogP contribution in [0.5, 0.6) is 0 Å². The lowest BCUT2D eigenvalue weighted by Crippen LogP contribution is -2.57. The Balaban J connectivity index is 2.55. The molecule has 1 N–H and O–H groups in total. The predicted molar refractivity (Wildman–Crippen MR) is 49.5 cm³/mol. The maximum absolute atomic E-state index is 12.8. The Labute approximate surface area is 86.6 Å². The van der Waals surface area contributed by atoms with E-state index in [1.165, 1.54) is 4.90 Å². The Morgan fingerprint density at radius 1 is 1.40 bits per heavy atom. The van der Waals surface area contributed by atoms with Gasteiger partial charge in [-0.1, -0.05) is 0 Å². The molecule has 0 radical (unpaired) electrons. The second-order valence-electron chi connectivity index (χ2n) is 4.15. The molecule has 0 bridgehead atoms. The van der Waals surface area contributed by atoms with Gasteiger partial charge in [-0.25, -0.2) is 8.78 Å². The van der Waals surface area contributed by atoms with E-state index in [1.54, 1.807) is 6.92 Å². The summed E-state index contributed by atoms with van der Waals surface area (Å²) in [7, 11) is 0. The van der Waals surface area contributed by atoms with Crippen molar-refractivity contribution in [3.63, 3.8) is 0 Å². The summed E-state index contributed by atoms with van der Waals surface area (Å²) in [6, 6.07) is -0.0690. The van der Waals surface area contributed by atoms with Crippen molar-refractivity contribution in [1.29, 1.82) is 0 Å². The van der Waals surface area contributed by atoms with Gasteiger partial charge < -0.3 is 5.32 Å². The van der Waals surface area contributed by atoms with Crippen molar-refractivity contribution < 1.29 is 17.6 Å². The Morgan fingerprint density at radius 2 is 2.00 bits per heavy atom. The van der Waals surface area contributed by atoms with E-state index in [4.69, 9.17) is 0 Å². The summed E-state index contributed by atoms with van der Waals surface area (Å²) < 4.78 is 49.6. The summed E-state index contributed by atoms with van der Waals surface area (Å²) in [5, 5.41) is 3.10. The number of nitrogens with one attached hydrogen (secondary N) is 1. The van der Waals surface area contributed by atoms with Gasteiger partial charge in [0, 0.05) is 25.2 Å². The molecule has 1 saturated heterocycles. The topological polar surface area (TPSA) is 15.3 Å². The van der Waals surface area contributed by atoms with Gasteiger partial charge in [0.2, 0.25) is 0 Å². The first-order chi connectivity index (χ1) is 6.83. The van der Waals surface area contributed by atoms with Crippen LogP contribution in [0.15, 0.2) is 0 Å². The van der Waals surface area contributed by atoms with E-state index >= 15 is 0 Å². The molecule has 6 heteroatoms. The highest BCUT2D eigenvalue weighted by Crippen LogP contribution is 2.25. The zero-order valence-electron chi connectivity index (χ0n) is 8.81. The predicted octanol–water partition coefficient (Wildman–Crippen LogP) is 1.57. The monoisotopic (exact) mass is 228 g/mol. The molecule has 0 amide bonds. The van der Waals surface area contributed by atoms with Gasteiger partial charge in [0.15, 0.2) is 0 Å². The highest BCUT2D eigenvalue weighted by molar-refractivity contribution is 4.85. The first kappa shape index (κ1) is 12.7. The maximum atomic E-state index is 12.8. The van der Waals surface area contributed by atoms with E-state index in [9.17, 15) is 17.6 Å². The van der Waals surface area contributed by atoms with Crippen LogP contribution in [-0.4, -0.2) is 49.0 Å². The molecule has 1 aliphatic heterocycles. The van der Waals surface area contributed by atoms with Crippen molar-refractivity contribution in [3.05, 3.63) is 0 Å². The van der Waals surface area contributed by atoms with Crippen LogP contribution in [0.3, 0.4) is 0 Å². The standard InChI is InChI=1S/C9H16F4N2/c1-6-4-15(7(2)3-14-6)5-9(12,13)8(10)11/h6-8,14H,3-5H2,1-2H3. The molecule has 90 valence electrons. The van der Waals surface area contributed by atoms with Crippen LogP contribution in [0.25, 0.3) is 0 Å². The van der Waals surface area contributed by atoms with Gasteiger partial charge in [0.1, 0.15) is 0 Å². The molecule has 2 nitrogen and oxygen atoms in total. The van der Waals surface area contributed by atoms with E-state index in [0.717, 1.165) is 0 Å². The van der Waals surface area contributed by atoms with Crippen molar-refractivity contribution in [2.75, 3.05) is 19.6 Å². The SMILES string of the molecule is CC1CN(CC(F)(F)C(F)F)C(C)CN1. The van der Waals surface area contributed by atoms with Crippen LogP contribution in [-0.2, 0) is 0 Å².